The standard InChI is InChI=1S/2C16H17.S.2Sn/c2*1-2-9-16(14-10-5-3-6-11-14)15-12-7-4-8-13-15;;;/h2*3-8,10-13,16H,1-2,9H2;;;. The molecule has 4 aromatic carbocycles. The summed E-state index contributed by atoms with van der Waals surface area (Å²) in [4.78, 5) is 0. The van der Waals surface area contributed by atoms with Crippen molar-refractivity contribution in [2.45, 2.75) is 46.4 Å². The molecule has 176 valence electrons. The van der Waals surface area contributed by atoms with Crippen LogP contribution >= 0.6 is 6.13 Å². The molecule has 0 saturated carbocycles. The Morgan fingerprint density at radius 2 is 0.714 bits per heavy atom. The molecule has 3 heteroatoms. The van der Waals surface area contributed by atoms with E-state index in [1.54, 1.807) is 0 Å². The van der Waals surface area contributed by atoms with Gasteiger partial charge in [0.1, 0.15) is 0 Å². The molecule has 0 amide bonds. The molecule has 0 unspecified atom stereocenters. The molecule has 0 nitrogen and oxygen atoms in total. The fraction of sp³-hybridized carbons (Fsp3) is 0.250. The first-order valence-electron chi connectivity index (χ1n) is 12.7. The van der Waals surface area contributed by atoms with Gasteiger partial charge in [0.15, 0.2) is 0 Å². The quantitative estimate of drug-likeness (QED) is 0.0942. The molecular formula is C32H34SSn2. The van der Waals surface area contributed by atoms with E-state index < -0.39 is 0 Å². The monoisotopic (exact) mass is 690 g/mol. The summed E-state index contributed by atoms with van der Waals surface area (Å²) in [5.74, 6) is 1.10. The van der Waals surface area contributed by atoms with Crippen LogP contribution in [-0.2, 0) is 0 Å². The van der Waals surface area contributed by atoms with Gasteiger partial charge in [0.05, 0.1) is 0 Å². The molecule has 0 aromatic heterocycles. The topological polar surface area (TPSA) is 0 Å². The van der Waals surface area contributed by atoms with Crippen molar-refractivity contribution >= 4 is 45.6 Å². The summed E-state index contributed by atoms with van der Waals surface area (Å²) < 4.78 is 3.03. The van der Waals surface area contributed by atoms with Gasteiger partial charge in [-0.2, -0.15) is 0 Å². The van der Waals surface area contributed by atoms with Gasteiger partial charge in [0.25, 0.3) is 0 Å². The Balaban J connectivity index is 1.16. The zero-order chi connectivity index (χ0) is 24.0. The van der Waals surface area contributed by atoms with Crippen molar-refractivity contribution in [3.05, 3.63) is 144 Å². The first kappa shape index (κ1) is 26.9. The Labute approximate surface area is 233 Å². The van der Waals surface area contributed by atoms with Crippen molar-refractivity contribution in [1.82, 2.24) is 0 Å². The van der Waals surface area contributed by atoms with Crippen molar-refractivity contribution in [2.75, 3.05) is 0 Å². The van der Waals surface area contributed by atoms with E-state index >= 15 is 0 Å². The van der Waals surface area contributed by atoms with Crippen molar-refractivity contribution in [2.24, 2.45) is 0 Å². The van der Waals surface area contributed by atoms with Crippen molar-refractivity contribution < 1.29 is 0 Å². The zero-order valence-electron chi connectivity index (χ0n) is 20.4. The average molecular weight is 688 g/mol. The van der Waals surface area contributed by atoms with Crippen molar-refractivity contribution in [3.63, 3.8) is 0 Å². The minimum absolute atomic E-state index is 0.239. The van der Waals surface area contributed by atoms with E-state index in [2.05, 4.69) is 127 Å². The SMILES string of the molecule is c1ccc(C(CC[CH2][Sn][S][Sn][CH2]CCC(c2ccccc2)c2ccccc2)c2ccccc2)cc1. The third-order valence-electron chi connectivity index (χ3n) is 6.50. The maximum atomic E-state index is 2.48. The van der Waals surface area contributed by atoms with E-state index in [1.807, 2.05) is 0 Å². The first-order valence-corrected chi connectivity index (χ1v) is 24.6. The van der Waals surface area contributed by atoms with Gasteiger partial charge >= 0.3 is 236 Å². The van der Waals surface area contributed by atoms with Gasteiger partial charge in [0.2, 0.25) is 0 Å². The number of rotatable bonds is 14. The third kappa shape index (κ3) is 9.01. The van der Waals surface area contributed by atoms with Crippen LogP contribution in [0.4, 0.5) is 0 Å². The predicted molar refractivity (Wildman–Crippen MR) is 157 cm³/mol. The van der Waals surface area contributed by atoms with E-state index in [0.717, 1.165) is 0 Å². The fourth-order valence-electron chi connectivity index (χ4n) is 4.70. The molecule has 0 spiro atoms. The Kier molecular flexibility index (Phi) is 12.2. The van der Waals surface area contributed by atoms with E-state index in [0.29, 0.717) is 11.8 Å². The summed E-state index contributed by atoms with van der Waals surface area (Å²) in [6.45, 7) is 0. The first-order chi connectivity index (χ1) is 17.4. The van der Waals surface area contributed by atoms with E-state index in [9.17, 15) is 0 Å². The molecule has 0 atom stereocenters. The van der Waals surface area contributed by atoms with Crippen molar-refractivity contribution in [1.29, 1.82) is 0 Å². The second kappa shape index (κ2) is 15.8. The molecule has 0 N–H and O–H groups in total. The van der Waals surface area contributed by atoms with Gasteiger partial charge in [-0.1, -0.05) is 0 Å². The molecule has 0 heterocycles. The molecule has 35 heavy (non-hydrogen) atoms. The number of hydrogen-bond acceptors (Lipinski definition) is 1. The van der Waals surface area contributed by atoms with Crippen LogP contribution in [0.2, 0.25) is 8.87 Å². The van der Waals surface area contributed by atoms with Gasteiger partial charge in [-0.05, 0) is 0 Å². The Morgan fingerprint density at radius 3 is 1.00 bits per heavy atom. The Morgan fingerprint density at radius 1 is 0.429 bits per heavy atom. The Bertz CT molecular complexity index is 904. The number of hydrogen-bond donors (Lipinski definition) is 0. The molecular weight excluding hydrogens is 654 g/mol. The van der Waals surface area contributed by atoms with Crippen LogP contribution in [0, 0.1) is 0 Å². The molecule has 0 saturated heterocycles. The average Bonchev–Trinajstić information content (AvgIpc) is 2.94. The van der Waals surface area contributed by atoms with Crippen LogP contribution in [0.5, 0.6) is 0 Å². The molecule has 0 bridgehead atoms. The molecule has 0 aliphatic rings. The zero-order valence-corrected chi connectivity index (χ0v) is 26.9. The van der Waals surface area contributed by atoms with Crippen LogP contribution in [0.1, 0.15) is 59.8 Å². The van der Waals surface area contributed by atoms with Crippen molar-refractivity contribution in [3.8, 4) is 0 Å². The molecule has 0 fully saturated rings. The minimum atomic E-state index is -0.239. The summed E-state index contributed by atoms with van der Waals surface area (Å²) in [6, 6.07) is 44.4. The van der Waals surface area contributed by atoms with E-state index in [4.69, 9.17) is 0 Å². The molecule has 4 rings (SSSR count). The molecule has 4 aromatic rings. The van der Waals surface area contributed by atoms with E-state index in [1.165, 1.54) is 56.8 Å². The summed E-state index contributed by atoms with van der Waals surface area (Å²) in [6.07, 6.45) is 7.83. The van der Waals surface area contributed by atoms with Gasteiger partial charge in [-0.15, -0.1) is 0 Å². The summed E-state index contributed by atoms with van der Waals surface area (Å²) in [7, 11) is 0. The molecule has 0 aliphatic carbocycles. The van der Waals surface area contributed by atoms with Crippen LogP contribution in [0.25, 0.3) is 0 Å². The molecule has 0 aliphatic heterocycles. The fourth-order valence-corrected chi connectivity index (χ4v) is 29.1. The van der Waals surface area contributed by atoms with E-state index in [-0.39, 0.29) is 39.5 Å². The van der Waals surface area contributed by atoms with Crippen LogP contribution in [-0.4, -0.2) is 39.5 Å². The molecule has 4 radical (unpaired) electrons. The summed E-state index contributed by atoms with van der Waals surface area (Å²) >= 11 is -0.477. The van der Waals surface area contributed by atoms with Gasteiger partial charge in [0, 0.05) is 0 Å². The van der Waals surface area contributed by atoms with Crippen LogP contribution in [0.3, 0.4) is 0 Å². The third-order valence-corrected chi connectivity index (χ3v) is 31.8. The van der Waals surface area contributed by atoms with Crippen LogP contribution in [0.15, 0.2) is 121 Å². The summed E-state index contributed by atoms with van der Waals surface area (Å²) in [5.41, 5.74) is 5.89. The Hall–Kier alpha value is -1.17. The van der Waals surface area contributed by atoms with Gasteiger partial charge < -0.3 is 0 Å². The normalized spacial score (nSPS) is 11.3. The van der Waals surface area contributed by atoms with Gasteiger partial charge in [-0.25, -0.2) is 0 Å². The predicted octanol–water partition coefficient (Wildman–Crippen LogP) is 9.02. The number of benzene rings is 4. The summed E-state index contributed by atoms with van der Waals surface area (Å²) in [5, 5.41) is 0. The second-order valence-electron chi connectivity index (χ2n) is 8.92. The maximum absolute atomic E-state index is 2.48. The van der Waals surface area contributed by atoms with Gasteiger partial charge in [-0.3, -0.25) is 0 Å². The van der Waals surface area contributed by atoms with Crippen LogP contribution < -0.4 is 0 Å². The second-order valence-corrected chi connectivity index (χ2v) is 31.0.